The molecule has 1 aromatic carbocycles. The first-order valence-electron chi connectivity index (χ1n) is 6.01. The second kappa shape index (κ2) is 7.93. The highest BCUT2D eigenvalue weighted by molar-refractivity contribution is 5.69. The highest BCUT2D eigenvalue weighted by atomic mass is 19.1. The zero-order valence-electron chi connectivity index (χ0n) is 10.8. The van der Waals surface area contributed by atoms with E-state index < -0.39 is 23.8 Å². The van der Waals surface area contributed by atoms with Crippen LogP contribution in [0.3, 0.4) is 0 Å². The van der Waals surface area contributed by atoms with Gasteiger partial charge in [-0.2, -0.15) is 0 Å². The lowest BCUT2D eigenvalue weighted by atomic mass is 9.96. The SMILES string of the molecule is C=CCOC(=O)NCC(CC(=O)O)c1ccc(F)cc1. The number of halogens is 1. The average molecular weight is 281 g/mol. The van der Waals surface area contributed by atoms with E-state index in [0.29, 0.717) is 5.56 Å². The second-order valence-corrected chi connectivity index (χ2v) is 4.11. The highest BCUT2D eigenvalue weighted by Gasteiger charge is 2.17. The van der Waals surface area contributed by atoms with E-state index in [1.54, 1.807) is 0 Å². The van der Waals surface area contributed by atoms with Crippen LogP contribution in [0.15, 0.2) is 36.9 Å². The van der Waals surface area contributed by atoms with Crippen LogP contribution in [0.2, 0.25) is 0 Å². The largest absolute Gasteiger partial charge is 0.481 e. The molecule has 0 saturated heterocycles. The minimum Gasteiger partial charge on any atom is -0.481 e. The summed E-state index contributed by atoms with van der Waals surface area (Å²) in [5.41, 5.74) is 0.637. The maximum atomic E-state index is 12.9. The molecule has 6 heteroatoms. The summed E-state index contributed by atoms with van der Waals surface area (Å²) in [7, 11) is 0. The van der Waals surface area contributed by atoms with E-state index in [2.05, 4.69) is 11.9 Å². The topological polar surface area (TPSA) is 75.6 Å². The lowest BCUT2D eigenvalue weighted by molar-refractivity contribution is -0.137. The Labute approximate surface area is 116 Å². The number of hydrogen-bond acceptors (Lipinski definition) is 3. The van der Waals surface area contributed by atoms with E-state index in [9.17, 15) is 14.0 Å². The van der Waals surface area contributed by atoms with Gasteiger partial charge in [0.15, 0.2) is 0 Å². The van der Waals surface area contributed by atoms with Crippen molar-refractivity contribution >= 4 is 12.1 Å². The van der Waals surface area contributed by atoms with Crippen LogP contribution in [-0.4, -0.2) is 30.3 Å². The van der Waals surface area contributed by atoms with Gasteiger partial charge in [-0.1, -0.05) is 24.8 Å². The fourth-order valence-corrected chi connectivity index (χ4v) is 1.65. The summed E-state index contributed by atoms with van der Waals surface area (Å²) in [5.74, 6) is -1.86. The number of alkyl carbamates (subject to hydrolysis) is 1. The van der Waals surface area contributed by atoms with Crippen molar-refractivity contribution in [2.75, 3.05) is 13.2 Å². The number of nitrogens with one attached hydrogen (secondary N) is 1. The molecule has 0 saturated carbocycles. The molecule has 0 aromatic heterocycles. The smallest absolute Gasteiger partial charge is 0.407 e. The maximum absolute atomic E-state index is 12.9. The number of ether oxygens (including phenoxy) is 1. The van der Waals surface area contributed by atoms with E-state index >= 15 is 0 Å². The number of amides is 1. The third-order valence-electron chi connectivity index (χ3n) is 2.59. The normalized spacial score (nSPS) is 11.4. The summed E-state index contributed by atoms with van der Waals surface area (Å²) < 4.78 is 17.6. The van der Waals surface area contributed by atoms with Gasteiger partial charge in [0.2, 0.25) is 0 Å². The molecule has 1 rings (SSSR count). The van der Waals surface area contributed by atoms with Crippen molar-refractivity contribution in [3.63, 3.8) is 0 Å². The van der Waals surface area contributed by atoms with E-state index in [0.717, 1.165) is 0 Å². The van der Waals surface area contributed by atoms with Crippen molar-refractivity contribution in [1.29, 1.82) is 0 Å². The fourth-order valence-electron chi connectivity index (χ4n) is 1.65. The molecule has 0 spiro atoms. The molecule has 1 atom stereocenters. The summed E-state index contributed by atoms with van der Waals surface area (Å²) in [6.07, 6.45) is 0.601. The summed E-state index contributed by atoms with van der Waals surface area (Å²) >= 11 is 0. The van der Waals surface area contributed by atoms with Gasteiger partial charge in [0.25, 0.3) is 0 Å². The number of carbonyl (C=O) groups excluding carboxylic acids is 1. The summed E-state index contributed by atoms with van der Waals surface area (Å²) in [6.45, 7) is 3.57. The molecule has 0 radical (unpaired) electrons. The Morgan fingerprint density at radius 2 is 2.05 bits per heavy atom. The van der Waals surface area contributed by atoms with Gasteiger partial charge in [0.1, 0.15) is 12.4 Å². The molecule has 5 nitrogen and oxygen atoms in total. The standard InChI is InChI=1S/C14H16FNO4/c1-2-7-20-14(19)16-9-11(8-13(17)18)10-3-5-12(15)6-4-10/h2-6,11H,1,7-9H2,(H,16,19)(H,17,18). The van der Waals surface area contributed by atoms with Gasteiger partial charge in [-0.15, -0.1) is 0 Å². The predicted molar refractivity (Wildman–Crippen MR) is 70.9 cm³/mol. The average Bonchev–Trinajstić information content (AvgIpc) is 2.41. The van der Waals surface area contributed by atoms with Crippen molar-refractivity contribution in [3.8, 4) is 0 Å². The predicted octanol–water partition coefficient (Wildman–Crippen LogP) is 2.30. The molecular formula is C14H16FNO4. The van der Waals surface area contributed by atoms with E-state index in [1.165, 1.54) is 30.3 Å². The minimum atomic E-state index is -0.999. The van der Waals surface area contributed by atoms with Crippen molar-refractivity contribution in [2.45, 2.75) is 12.3 Å². The molecule has 0 aliphatic heterocycles. The molecule has 1 unspecified atom stereocenters. The third kappa shape index (κ3) is 5.51. The Morgan fingerprint density at radius 1 is 1.40 bits per heavy atom. The number of benzene rings is 1. The third-order valence-corrected chi connectivity index (χ3v) is 2.59. The van der Waals surface area contributed by atoms with Gasteiger partial charge in [-0.25, -0.2) is 9.18 Å². The van der Waals surface area contributed by atoms with Gasteiger partial charge >= 0.3 is 12.1 Å². The minimum absolute atomic E-state index is 0.0754. The van der Waals surface area contributed by atoms with E-state index in [-0.39, 0.29) is 19.6 Å². The van der Waals surface area contributed by atoms with E-state index in [4.69, 9.17) is 9.84 Å². The molecule has 108 valence electrons. The first kappa shape index (κ1) is 15.7. The van der Waals surface area contributed by atoms with Crippen molar-refractivity contribution in [3.05, 3.63) is 48.3 Å². The van der Waals surface area contributed by atoms with Crippen LogP contribution in [-0.2, 0) is 9.53 Å². The summed E-state index contributed by atoms with van der Waals surface area (Å²) in [4.78, 5) is 22.1. The molecular weight excluding hydrogens is 265 g/mol. The molecule has 1 amide bonds. The first-order valence-corrected chi connectivity index (χ1v) is 6.01. The first-order chi connectivity index (χ1) is 9.52. The van der Waals surface area contributed by atoms with Crippen LogP contribution in [0.4, 0.5) is 9.18 Å². The second-order valence-electron chi connectivity index (χ2n) is 4.11. The summed E-state index contributed by atoms with van der Waals surface area (Å²) in [5, 5.41) is 11.3. The van der Waals surface area contributed by atoms with Crippen LogP contribution < -0.4 is 5.32 Å². The van der Waals surface area contributed by atoms with Crippen molar-refractivity contribution < 1.29 is 23.8 Å². The molecule has 0 fully saturated rings. The number of carboxylic acid groups (broad SMARTS) is 1. The van der Waals surface area contributed by atoms with Crippen LogP contribution in [0.25, 0.3) is 0 Å². The fraction of sp³-hybridized carbons (Fsp3) is 0.286. The van der Waals surface area contributed by atoms with Crippen LogP contribution in [0, 0.1) is 5.82 Å². The lowest BCUT2D eigenvalue weighted by Crippen LogP contribution is -2.30. The molecule has 0 aliphatic rings. The molecule has 2 N–H and O–H groups in total. The molecule has 0 heterocycles. The Balaban J connectivity index is 2.65. The van der Waals surface area contributed by atoms with E-state index in [1.807, 2.05) is 0 Å². The van der Waals surface area contributed by atoms with Crippen molar-refractivity contribution in [1.82, 2.24) is 5.32 Å². The lowest BCUT2D eigenvalue weighted by Gasteiger charge is -2.16. The van der Waals surface area contributed by atoms with Gasteiger partial charge in [-0.3, -0.25) is 4.79 Å². The number of carbonyl (C=O) groups is 2. The summed E-state index contributed by atoms with van der Waals surface area (Å²) in [6, 6.07) is 5.50. The molecule has 0 bridgehead atoms. The van der Waals surface area contributed by atoms with Crippen LogP contribution >= 0.6 is 0 Å². The van der Waals surface area contributed by atoms with Crippen molar-refractivity contribution in [2.24, 2.45) is 0 Å². The van der Waals surface area contributed by atoms with Gasteiger partial charge in [0.05, 0.1) is 6.42 Å². The Bertz CT molecular complexity index is 473. The molecule has 0 aliphatic carbocycles. The monoisotopic (exact) mass is 281 g/mol. The number of aliphatic carboxylic acids is 1. The van der Waals surface area contributed by atoms with Gasteiger partial charge in [-0.05, 0) is 17.7 Å². The number of hydrogen-bond donors (Lipinski definition) is 2. The zero-order valence-corrected chi connectivity index (χ0v) is 10.8. The Hall–Kier alpha value is -2.37. The molecule has 20 heavy (non-hydrogen) atoms. The van der Waals surface area contributed by atoms with Crippen LogP contribution in [0.1, 0.15) is 17.9 Å². The zero-order chi connectivity index (χ0) is 15.0. The highest BCUT2D eigenvalue weighted by Crippen LogP contribution is 2.19. The molecule has 1 aromatic rings. The maximum Gasteiger partial charge on any atom is 0.407 e. The van der Waals surface area contributed by atoms with Gasteiger partial charge in [0, 0.05) is 12.5 Å². The quantitative estimate of drug-likeness (QED) is 0.752. The van der Waals surface area contributed by atoms with Crippen LogP contribution in [0.5, 0.6) is 0 Å². The van der Waals surface area contributed by atoms with Gasteiger partial charge < -0.3 is 15.2 Å². The Kier molecular flexibility index (Phi) is 6.22. The number of carboxylic acids is 1. The Morgan fingerprint density at radius 3 is 2.60 bits per heavy atom. The number of rotatable bonds is 7.